The van der Waals surface area contributed by atoms with Crippen LogP contribution in [0.1, 0.15) is 60.0 Å². The molecule has 3 aromatic rings. The molecule has 1 aliphatic rings. The van der Waals surface area contributed by atoms with Gasteiger partial charge in [-0.25, -0.2) is 0 Å². The normalized spacial score (nSPS) is 13.6. The van der Waals surface area contributed by atoms with Crippen LogP contribution in [0.2, 0.25) is 0 Å². The molecule has 0 radical (unpaired) electrons. The summed E-state index contributed by atoms with van der Waals surface area (Å²) in [5, 5.41) is 4.96. The third-order valence-electron chi connectivity index (χ3n) is 6.12. The summed E-state index contributed by atoms with van der Waals surface area (Å²) in [7, 11) is 0. The molecule has 2 aromatic heterocycles. The van der Waals surface area contributed by atoms with Crippen LogP contribution >= 0.6 is 11.3 Å². The molecule has 1 fully saturated rings. The maximum Gasteiger partial charge on any atom is 0.256 e. The molecule has 3 heterocycles. The highest BCUT2D eigenvalue weighted by molar-refractivity contribution is 7.10. The Bertz CT molecular complexity index is 1060. The first-order valence-electron chi connectivity index (χ1n) is 12.2. The fourth-order valence-corrected chi connectivity index (χ4v) is 5.03. The zero-order valence-electron chi connectivity index (χ0n) is 19.8. The predicted octanol–water partition coefficient (Wildman–Crippen LogP) is 5.96. The zero-order chi connectivity index (χ0) is 23.8. The van der Waals surface area contributed by atoms with Gasteiger partial charge in [0, 0.05) is 30.2 Å². The molecule has 2 amide bonds. The summed E-state index contributed by atoms with van der Waals surface area (Å²) in [5.41, 5.74) is 2.18. The highest BCUT2D eigenvalue weighted by atomic mass is 32.1. The molecular weight excluding hydrogens is 446 g/mol. The van der Waals surface area contributed by atoms with Crippen LogP contribution in [-0.2, 0) is 17.8 Å². The Labute approximate surface area is 205 Å². The van der Waals surface area contributed by atoms with Crippen molar-refractivity contribution in [2.75, 3.05) is 29.9 Å². The quantitative estimate of drug-likeness (QED) is 0.390. The van der Waals surface area contributed by atoms with Gasteiger partial charge in [0.15, 0.2) is 0 Å². The van der Waals surface area contributed by atoms with Gasteiger partial charge in [0.05, 0.1) is 30.5 Å². The van der Waals surface area contributed by atoms with E-state index < -0.39 is 0 Å². The molecule has 34 heavy (non-hydrogen) atoms. The van der Waals surface area contributed by atoms with Crippen LogP contribution in [0, 0.1) is 0 Å². The van der Waals surface area contributed by atoms with Gasteiger partial charge in [-0.3, -0.25) is 9.59 Å². The molecule has 0 saturated carbocycles. The van der Waals surface area contributed by atoms with Gasteiger partial charge < -0.3 is 19.5 Å². The average Bonchev–Trinajstić information content (AvgIpc) is 3.56. The first-order valence-corrected chi connectivity index (χ1v) is 13.0. The largest absolute Gasteiger partial charge is 0.467 e. The second kappa shape index (κ2) is 11.9. The van der Waals surface area contributed by atoms with E-state index >= 15 is 0 Å². The number of nitrogens with zero attached hydrogens (tertiary/aromatic N) is 2. The van der Waals surface area contributed by atoms with Crippen molar-refractivity contribution in [3.63, 3.8) is 0 Å². The lowest BCUT2D eigenvalue weighted by Crippen LogP contribution is -2.37. The number of amides is 2. The molecule has 1 saturated heterocycles. The number of carbonyl (C=O) groups excluding carboxylic acids is 2. The van der Waals surface area contributed by atoms with Gasteiger partial charge in [-0.1, -0.05) is 19.4 Å². The number of piperidine rings is 1. The van der Waals surface area contributed by atoms with Crippen LogP contribution in [-0.4, -0.2) is 36.3 Å². The second-order valence-corrected chi connectivity index (χ2v) is 9.78. The molecule has 7 heteroatoms. The summed E-state index contributed by atoms with van der Waals surface area (Å²) in [6.07, 6.45) is 7.30. The summed E-state index contributed by atoms with van der Waals surface area (Å²) in [5.74, 6) is 0.816. The summed E-state index contributed by atoms with van der Waals surface area (Å²) in [6, 6.07) is 13.5. The molecule has 0 aliphatic carbocycles. The second-order valence-electron chi connectivity index (χ2n) is 8.74. The van der Waals surface area contributed by atoms with Crippen LogP contribution in [0.3, 0.4) is 0 Å². The molecule has 0 unspecified atom stereocenters. The maximum atomic E-state index is 13.7. The smallest absolute Gasteiger partial charge is 0.256 e. The van der Waals surface area contributed by atoms with Gasteiger partial charge in [-0.05, 0) is 67.5 Å². The van der Waals surface area contributed by atoms with Crippen LogP contribution in [0.15, 0.2) is 58.5 Å². The molecule has 1 N–H and O–H groups in total. The predicted molar refractivity (Wildman–Crippen MR) is 138 cm³/mol. The van der Waals surface area contributed by atoms with Crippen LogP contribution < -0.4 is 10.2 Å². The summed E-state index contributed by atoms with van der Waals surface area (Å²) in [6.45, 7) is 5.14. The van der Waals surface area contributed by atoms with E-state index in [1.165, 1.54) is 0 Å². The Hall–Kier alpha value is -3.06. The first-order chi connectivity index (χ1) is 16.6. The zero-order valence-corrected chi connectivity index (χ0v) is 20.6. The van der Waals surface area contributed by atoms with Gasteiger partial charge in [0.25, 0.3) is 5.91 Å². The fourth-order valence-electron chi connectivity index (χ4n) is 4.33. The van der Waals surface area contributed by atoms with Crippen LogP contribution in [0.4, 0.5) is 11.4 Å². The van der Waals surface area contributed by atoms with E-state index in [4.69, 9.17) is 4.42 Å². The third kappa shape index (κ3) is 6.29. The molecular formula is C27H33N3O3S. The van der Waals surface area contributed by atoms with E-state index in [9.17, 15) is 9.59 Å². The van der Waals surface area contributed by atoms with Crippen LogP contribution in [0.5, 0.6) is 0 Å². The van der Waals surface area contributed by atoms with Gasteiger partial charge in [0.2, 0.25) is 5.91 Å². The SMILES string of the molecule is CCCCN(Cc1ccco1)c1ccc(NC(=O)Cc2cccs2)cc1C(=O)N1CCCCC1. The molecule has 6 nitrogen and oxygen atoms in total. The highest BCUT2D eigenvalue weighted by Crippen LogP contribution is 2.29. The van der Waals surface area contributed by atoms with E-state index in [0.717, 1.165) is 68.1 Å². The standard InChI is InChI=1S/C27H33N3O3S/c1-2-3-13-30(20-22-9-7-16-33-22)25-12-11-21(28-26(31)19-23-10-8-17-34-23)18-24(25)27(32)29-14-5-4-6-15-29/h7-12,16-18H,2-6,13-15,19-20H2,1H3,(H,28,31). The highest BCUT2D eigenvalue weighted by Gasteiger charge is 2.24. The molecule has 0 spiro atoms. The molecule has 0 atom stereocenters. The number of benzene rings is 1. The number of carbonyl (C=O) groups is 2. The topological polar surface area (TPSA) is 65.8 Å². The Morgan fingerprint density at radius 3 is 2.68 bits per heavy atom. The number of thiophene rings is 1. The van der Waals surface area contributed by atoms with Crippen molar-refractivity contribution in [2.24, 2.45) is 0 Å². The van der Waals surface area contributed by atoms with Gasteiger partial charge in [0.1, 0.15) is 5.76 Å². The Balaban J connectivity index is 1.62. The number of anilines is 2. The Kier molecular flexibility index (Phi) is 8.41. The number of hydrogen-bond acceptors (Lipinski definition) is 5. The maximum absolute atomic E-state index is 13.7. The number of unbranched alkanes of at least 4 members (excludes halogenated alkanes) is 1. The van der Waals surface area contributed by atoms with E-state index in [1.807, 2.05) is 52.7 Å². The van der Waals surface area contributed by atoms with E-state index in [0.29, 0.717) is 24.2 Å². The van der Waals surface area contributed by atoms with Gasteiger partial charge in [-0.15, -0.1) is 11.3 Å². The number of rotatable bonds is 10. The Morgan fingerprint density at radius 2 is 1.97 bits per heavy atom. The number of nitrogens with one attached hydrogen (secondary N) is 1. The van der Waals surface area contributed by atoms with Crippen molar-refractivity contribution in [3.05, 3.63) is 70.3 Å². The molecule has 0 bridgehead atoms. The lowest BCUT2D eigenvalue weighted by molar-refractivity contribution is -0.115. The van der Waals surface area contributed by atoms with Crippen molar-refractivity contribution in [3.8, 4) is 0 Å². The minimum atomic E-state index is -0.0787. The lowest BCUT2D eigenvalue weighted by atomic mass is 10.1. The lowest BCUT2D eigenvalue weighted by Gasteiger charge is -2.31. The van der Waals surface area contributed by atoms with Gasteiger partial charge in [-0.2, -0.15) is 0 Å². The van der Waals surface area contributed by atoms with Crippen molar-refractivity contribution in [2.45, 2.75) is 52.0 Å². The van der Waals surface area contributed by atoms with E-state index in [1.54, 1.807) is 17.6 Å². The fraction of sp³-hybridized carbons (Fsp3) is 0.407. The van der Waals surface area contributed by atoms with Crippen LogP contribution in [0.25, 0.3) is 0 Å². The number of furan rings is 1. The monoisotopic (exact) mass is 479 g/mol. The first kappa shape index (κ1) is 24.1. The summed E-state index contributed by atoms with van der Waals surface area (Å²) in [4.78, 5) is 31.5. The number of likely N-dealkylation sites (tertiary alicyclic amines) is 1. The average molecular weight is 480 g/mol. The minimum absolute atomic E-state index is 0.0324. The van der Waals surface area contributed by atoms with Crippen molar-refractivity contribution in [1.29, 1.82) is 0 Å². The molecule has 1 aliphatic heterocycles. The number of hydrogen-bond donors (Lipinski definition) is 1. The third-order valence-corrected chi connectivity index (χ3v) is 6.99. The Morgan fingerprint density at radius 1 is 1.12 bits per heavy atom. The van der Waals surface area contributed by atoms with Crippen molar-refractivity contribution in [1.82, 2.24) is 4.90 Å². The molecule has 1 aromatic carbocycles. The molecule has 4 rings (SSSR count). The van der Waals surface area contributed by atoms with E-state index in [2.05, 4.69) is 17.1 Å². The minimum Gasteiger partial charge on any atom is -0.467 e. The summed E-state index contributed by atoms with van der Waals surface area (Å²) >= 11 is 1.57. The van der Waals surface area contributed by atoms with Crippen molar-refractivity contribution < 1.29 is 14.0 Å². The summed E-state index contributed by atoms with van der Waals surface area (Å²) < 4.78 is 5.62. The van der Waals surface area contributed by atoms with Gasteiger partial charge >= 0.3 is 0 Å². The van der Waals surface area contributed by atoms with E-state index in [-0.39, 0.29) is 11.8 Å². The van der Waals surface area contributed by atoms with Crippen molar-refractivity contribution >= 4 is 34.5 Å². The molecule has 180 valence electrons.